The number of nitrogens with zero attached hydrogens (tertiary/aromatic N) is 4. The molecule has 1 aliphatic rings. The molecule has 3 aromatic heterocycles. The highest BCUT2D eigenvalue weighted by molar-refractivity contribution is 7.12. The highest BCUT2D eigenvalue weighted by Gasteiger charge is 2.35. The number of para-hydroxylation sites is 2. The Morgan fingerprint density at radius 2 is 1.91 bits per heavy atom. The SMILES string of the molecule is Cc1cc(NC(=O)C2CC(=O)N(c3ccccc3)C2)n(-c2nc(-c3cc4ccccc4o3)cs2)n1. The lowest BCUT2D eigenvalue weighted by Gasteiger charge is -2.16. The van der Waals surface area contributed by atoms with E-state index >= 15 is 0 Å². The maximum Gasteiger partial charge on any atom is 0.230 e. The maximum absolute atomic E-state index is 13.1. The minimum absolute atomic E-state index is 0.0589. The van der Waals surface area contributed by atoms with Gasteiger partial charge in [-0.25, -0.2) is 4.98 Å². The first-order valence-corrected chi connectivity index (χ1v) is 12.1. The zero-order valence-corrected chi connectivity index (χ0v) is 19.7. The van der Waals surface area contributed by atoms with Gasteiger partial charge in [-0.1, -0.05) is 36.4 Å². The van der Waals surface area contributed by atoms with Crippen molar-refractivity contribution in [3.8, 4) is 16.6 Å². The molecule has 2 amide bonds. The largest absolute Gasteiger partial charge is 0.454 e. The van der Waals surface area contributed by atoms with Crippen molar-refractivity contribution in [1.82, 2.24) is 14.8 Å². The number of aromatic nitrogens is 3. The van der Waals surface area contributed by atoms with Gasteiger partial charge in [0.25, 0.3) is 0 Å². The molecular formula is C26H21N5O3S. The fraction of sp³-hybridized carbons (Fsp3) is 0.154. The Kier molecular flexibility index (Phi) is 5.18. The van der Waals surface area contributed by atoms with Gasteiger partial charge in [0.05, 0.1) is 11.6 Å². The smallest absolute Gasteiger partial charge is 0.230 e. The number of amides is 2. The molecule has 0 saturated carbocycles. The van der Waals surface area contributed by atoms with Gasteiger partial charge >= 0.3 is 0 Å². The van der Waals surface area contributed by atoms with E-state index in [0.717, 1.165) is 22.4 Å². The molecule has 35 heavy (non-hydrogen) atoms. The summed E-state index contributed by atoms with van der Waals surface area (Å²) in [7, 11) is 0. The van der Waals surface area contributed by atoms with Crippen LogP contribution >= 0.6 is 11.3 Å². The zero-order chi connectivity index (χ0) is 23.9. The van der Waals surface area contributed by atoms with Crippen molar-refractivity contribution < 1.29 is 14.0 Å². The number of benzene rings is 2. The van der Waals surface area contributed by atoms with Gasteiger partial charge in [-0.15, -0.1) is 11.3 Å². The van der Waals surface area contributed by atoms with E-state index in [1.165, 1.54) is 11.3 Å². The van der Waals surface area contributed by atoms with Crippen molar-refractivity contribution in [3.63, 3.8) is 0 Å². The number of furan rings is 1. The molecule has 0 bridgehead atoms. The van der Waals surface area contributed by atoms with Gasteiger partial charge in [0.1, 0.15) is 17.1 Å². The average molecular weight is 484 g/mol. The number of fused-ring (bicyclic) bond motifs is 1. The van der Waals surface area contributed by atoms with Gasteiger partial charge in [-0.05, 0) is 31.2 Å². The molecule has 174 valence electrons. The number of hydrogen-bond acceptors (Lipinski definition) is 6. The third-order valence-corrected chi connectivity index (χ3v) is 6.81. The second kappa shape index (κ2) is 8.52. The normalized spacial score (nSPS) is 15.7. The van der Waals surface area contributed by atoms with Crippen LogP contribution in [0.2, 0.25) is 0 Å². The second-order valence-corrected chi connectivity index (χ2v) is 9.31. The van der Waals surface area contributed by atoms with Crippen LogP contribution in [0.1, 0.15) is 12.1 Å². The summed E-state index contributed by atoms with van der Waals surface area (Å²) in [5, 5.41) is 11.0. The fourth-order valence-corrected chi connectivity index (χ4v) is 5.06. The Hall–Kier alpha value is -4.24. The predicted octanol–water partition coefficient (Wildman–Crippen LogP) is 5.04. The predicted molar refractivity (Wildman–Crippen MR) is 135 cm³/mol. The monoisotopic (exact) mass is 483 g/mol. The molecule has 6 rings (SSSR count). The van der Waals surface area contributed by atoms with Crippen molar-refractivity contribution in [1.29, 1.82) is 0 Å². The lowest BCUT2D eigenvalue weighted by atomic mass is 10.1. The second-order valence-electron chi connectivity index (χ2n) is 8.48. The first-order chi connectivity index (χ1) is 17.0. The number of rotatable bonds is 5. The number of aryl methyl sites for hydroxylation is 1. The highest BCUT2D eigenvalue weighted by Crippen LogP contribution is 2.31. The van der Waals surface area contributed by atoms with Crippen LogP contribution in [0.15, 0.2) is 76.5 Å². The van der Waals surface area contributed by atoms with E-state index in [0.29, 0.717) is 28.9 Å². The Morgan fingerprint density at radius 3 is 2.74 bits per heavy atom. The van der Waals surface area contributed by atoms with Crippen molar-refractivity contribution in [2.75, 3.05) is 16.8 Å². The summed E-state index contributed by atoms with van der Waals surface area (Å²) in [6.45, 7) is 2.20. The molecule has 2 aromatic carbocycles. The van der Waals surface area contributed by atoms with Crippen LogP contribution in [0.3, 0.4) is 0 Å². The summed E-state index contributed by atoms with van der Waals surface area (Å²) >= 11 is 1.41. The number of carbonyl (C=O) groups is 2. The fourth-order valence-electron chi connectivity index (χ4n) is 4.29. The topological polar surface area (TPSA) is 93.3 Å². The molecule has 4 heterocycles. The van der Waals surface area contributed by atoms with E-state index in [-0.39, 0.29) is 18.2 Å². The van der Waals surface area contributed by atoms with Crippen LogP contribution in [-0.2, 0) is 9.59 Å². The molecule has 9 heteroatoms. The lowest BCUT2D eigenvalue weighted by Crippen LogP contribution is -2.28. The van der Waals surface area contributed by atoms with Gasteiger partial charge in [0.15, 0.2) is 5.76 Å². The number of carbonyl (C=O) groups excluding carboxylic acids is 2. The van der Waals surface area contributed by atoms with E-state index in [4.69, 9.17) is 9.40 Å². The summed E-state index contributed by atoms with van der Waals surface area (Å²) < 4.78 is 7.56. The summed E-state index contributed by atoms with van der Waals surface area (Å²) in [6, 6.07) is 21.0. The first-order valence-electron chi connectivity index (χ1n) is 11.2. The molecular weight excluding hydrogens is 462 g/mol. The van der Waals surface area contributed by atoms with Gasteiger partial charge < -0.3 is 14.6 Å². The quantitative estimate of drug-likeness (QED) is 0.378. The van der Waals surface area contributed by atoms with Crippen molar-refractivity contribution in [2.45, 2.75) is 13.3 Å². The van der Waals surface area contributed by atoms with E-state index in [1.807, 2.05) is 73.0 Å². The zero-order valence-electron chi connectivity index (χ0n) is 18.8. The van der Waals surface area contributed by atoms with Crippen LogP contribution < -0.4 is 10.2 Å². The number of anilines is 2. The minimum atomic E-state index is -0.450. The molecule has 0 spiro atoms. The van der Waals surface area contributed by atoms with Gasteiger partial charge in [-0.3, -0.25) is 9.59 Å². The summed E-state index contributed by atoms with van der Waals surface area (Å²) in [5.74, 6) is 0.467. The molecule has 0 aliphatic carbocycles. The van der Waals surface area contributed by atoms with Crippen LogP contribution in [-0.4, -0.2) is 33.1 Å². The third kappa shape index (κ3) is 4.00. The van der Waals surface area contributed by atoms with Gasteiger partial charge in [0.2, 0.25) is 16.9 Å². The highest BCUT2D eigenvalue weighted by atomic mass is 32.1. The van der Waals surface area contributed by atoms with Crippen molar-refractivity contribution in [2.24, 2.45) is 5.92 Å². The Bertz CT molecular complexity index is 1520. The molecule has 1 N–H and O–H groups in total. The minimum Gasteiger partial charge on any atom is -0.454 e. The molecule has 1 unspecified atom stereocenters. The summed E-state index contributed by atoms with van der Waals surface area (Å²) in [6.07, 6.45) is 0.168. The number of thiazole rings is 1. The Balaban J connectivity index is 1.22. The number of hydrogen-bond donors (Lipinski definition) is 1. The van der Waals surface area contributed by atoms with Gasteiger partial charge in [-0.2, -0.15) is 9.78 Å². The van der Waals surface area contributed by atoms with Crippen molar-refractivity contribution >= 4 is 45.6 Å². The standard InChI is InChI=1S/C26H21N5O3S/c1-16-11-23(28-25(33)18-13-24(32)30(14-18)19-8-3-2-4-9-19)31(29-16)26-27-20(15-35-26)22-12-17-7-5-6-10-21(17)34-22/h2-12,15,18H,13-14H2,1H3,(H,28,33). The third-order valence-electron chi connectivity index (χ3n) is 6.00. The maximum atomic E-state index is 13.1. The molecule has 1 aliphatic heterocycles. The van der Waals surface area contributed by atoms with Crippen LogP contribution in [0.4, 0.5) is 11.5 Å². The van der Waals surface area contributed by atoms with Crippen LogP contribution in [0.5, 0.6) is 0 Å². The Labute approximate surface area is 204 Å². The first kappa shape index (κ1) is 21.3. The van der Waals surface area contributed by atoms with Crippen LogP contribution in [0.25, 0.3) is 27.6 Å². The molecule has 5 aromatic rings. The molecule has 1 atom stereocenters. The molecule has 1 fully saturated rings. The van der Waals surface area contributed by atoms with Crippen LogP contribution in [0, 0.1) is 12.8 Å². The van der Waals surface area contributed by atoms with E-state index in [2.05, 4.69) is 10.4 Å². The molecule has 1 saturated heterocycles. The average Bonchev–Trinajstić information content (AvgIpc) is 3.64. The van der Waals surface area contributed by atoms with Gasteiger partial charge in [0, 0.05) is 35.5 Å². The molecule has 8 nitrogen and oxygen atoms in total. The Morgan fingerprint density at radius 1 is 1.11 bits per heavy atom. The van der Waals surface area contributed by atoms with Crippen molar-refractivity contribution in [3.05, 3.63) is 77.8 Å². The summed E-state index contributed by atoms with van der Waals surface area (Å²) in [4.78, 5) is 32.0. The van der Waals surface area contributed by atoms with E-state index in [9.17, 15) is 9.59 Å². The molecule has 0 radical (unpaired) electrons. The lowest BCUT2D eigenvalue weighted by molar-refractivity contribution is -0.122. The number of nitrogens with one attached hydrogen (secondary N) is 1. The van der Waals surface area contributed by atoms with E-state index < -0.39 is 5.92 Å². The van der Waals surface area contributed by atoms with E-state index in [1.54, 1.807) is 15.6 Å². The summed E-state index contributed by atoms with van der Waals surface area (Å²) in [5.41, 5.74) is 3.05.